The molecule has 0 atom stereocenters. The molecule has 0 bridgehead atoms. The molecule has 1 N–H and O–H groups in total. The minimum absolute atomic E-state index is 1.05. The normalized spacial score (nSPS) is 17.3. The molecule has 2 radical (unpaired) electrons. The zero-order chi connectivity index (χ0) is 6.10. The molecular weight excluding hydrogens is 130 g/mol. The summed E-state index contributed by atoms with van der Waals surface area (Å²) in [5, 5.41) is 5.20. The lowest BCUT2D eigenvalue weighted by atomic mass is 10.1. The lowest BCUT2D eigenvalue weighted by molar-refractivity contribution is 0.765. The zero-order valence-electron chi connectivity index (χ0n) is 4.98. The molecule has 0 amide bonds. The Morgan fingerprint density at radius 1 is 1.67 bits per heavy atom. The Morgan fingerprint density at radius 2 is 2.67 bits per heavy atom. The highest BCUT2D eigenvalue weighted by Crippen LogP contribution is 2.20. The average molecular weight is 137 g/mol. The van der Waals surface area contributed by atoms with Crippen molar-refractivity contribution in [3.8, 4) is 0 Å². The molecule has 0 saturated carbocycles. The van der Waals surface area contributed by atoms with Crippen LogP contribution < -0.4 is 5.32 Å². The van der Waals surface area contributed by atoms with E-state index in [1.807, 2.05) is 11.3 Å². The van der Waals surface area contributed by atoms with Gasteiger partial charge in [0.15, 0.2) is 0 Å². The van der Waals surface area contributed by atoms with Crippen molar-refractivity contribution in [1.29, 1.82) is 0 Å². The summed E-state index contributed by atoms with van der Waals surface area (Å²) in [5.74, 6) is 0. The van der Waals surface area contributed by atoms with Gasteiger partial charge in [-0.3, -0.25) is 0 Å². The fraction of sp³-hybridized carbons (Fsp3) is 0.286. The van der Waals surface area contributed by atoms with Crippen LogP contribution in [0.4, 0.5) is 0 Å². The third kappa shape index (κ3) is 0.884. The maximum Gasteiger partial charge on any atom is 0.0945 e. The minimum Gasteiger partial charge on any atom is -0.303 e. The molecule has 1 aliphatic heterocycles. The molecule has 0 aliphatic carbocycles. The second kappa shape index (κ2) is 2.12. The topological polar surface area (TPSA) is 12.0 Å². The minimum atomic E-state index is 1.05. The van der Waals surface area contributed by atoms with E-state index in [2.05, 4.69) is 23.3 Å². The van der Waals surface area contributed by atoms with Crippen LogP contribution >= 0.6 is 11.3 Å². The van der Waals surface area contributed by atoms with Crippen molar-refractivity contribution in [2.75, 3.05) is 6.54 Å². The van der Waals surface area contributed by atoms with Gasteiger partial charge in [-0.2, -0.15) is 0 Å². The standard InChI is InChI=1S/C7H7NS/c1-3-8-5-6-2-4-9-7(1)6/h2,4,8H,1,3H2. The van der Waals surface area contributed by atoms with Crippen molar-refractivity contribution in [3.05, 3.63) is 28.4 Å². The van der Waals surface area contributed by atoms with E-state index in [1.54, 1.807) is 0 Å². The largest absolute Gasteiger partial charge is 0.303 e. The van der Waals surface area contributed by atoms with Crippen LogP contribution in [-0.2, 0) is 6.42 Å². The van der Waals surface area contributed by atoms with Crippen molar-refractivity contribution in [1.82, 2.24) is 5.32 Å². The predicted molar refractivity (Wildman–Crippen MR) is 38.4 cm³/mol. The van der Waals surface area contributed by atoms with Crippen LogP contribution in [0.15, 0.2) is 11.4 Å². The highest BCUT2D eigenvalue weighted by atomic mass is 32.1. The van der Waals surface area contributed by atoms with Crippen molar-refractivity contribution < 1.29 is 0 Å². The van der Waals surface area contributed by atoms with Crippen LogP contribution in [0.25, 0.3) is 0 Å². The number of hydrogen-bond donors (Lipinski definition) is 1. The highest BCUT2D eigenvalue weighted by Gasteiger charge is 2.08. The van der Waals surface area contributed by atoms with Gasteiger partial charge in [-0.05, 0) is 23.4 Å². The molecule has 0 saturated heterocycles. The first-order chi connectivity index (χ1) is 4.47. The van der Waals surface area contributed by atoms with E-state index in [1.165, 1.54) is 16.9 Å². The van der Waals surface area contributed by atoms with Crippen LogP contribution in [-0.4, -0.2) is 6.54 Å². The van der Waals surface area contributed by atoms with Crippen LogP contribution in [0.5, 0.6) is 0 Å². The van der Waals surface area contributed by atoms with E-state index in [0.717, 1.165) is 6.54 Å². The van der Waals surface area contributed by atoms with Gasteiger partial charge in [-0.15, -0.1) is 11.3 Å². The van der Waals surface area contributed by atoms with Gasteiger partial charge >= 0.3 is 0 Å². The molecule has 46 valence electrons. The van der Waals surface area contributed by atoms with Crippen molar-refractivity contribution >= 4 is 11.3 Å². The smallest absolute Gasteiger partial charge is 0.0945 e. The average Bonchev–Trinajstić information content (AvgIpc) is 2.33. The summed E-state index contributed by atoms with van der Waals surface area (Å²) in [5.41, 5.74) is 1.26. The summed E-state index contributed by atoms with van der Waals surface area (Å²) in [6.45, 7) is 4.15. The molecule has 0 unspecified atom stereocenters. The molecule has 0 spiro atoms. The molecule has 0 aromatic carbocycles. The highest BCUT2D eigenvalue weighted by molar-refractivity contribution is 7.10. The summed E-state index contributed by atoms with van der Waals surface area (Å²) in [7, 11) is 0. The van der Waals surface area contributed by atoms with E-state index in [-0.39, 0.29) is 0 Å². The lowest BCUT2D eigenvalue weighted by Crippen LogP contribution is -2.19. The Kier molecular flexibility index (Phi) is 1.28. The van der Waals surface area contributed by atoms with E-state index >= 15 is 0 Å². The SMILES string of the molecule is [C]1NCCc2sccc21. The number of thiophene rings is 1. The van der Waals surface area contributed by atoms with Crippen molar-refractivity contribution in [3.63, 3.8) is 0 Å². The molecule has 1 aromatic rings. The van der Waals surface area contributed by atoms with E-state index in [4.69, 9.17) is 0 Å². The van der Waals surface area contributed by atoms with Gasteiger partial charge in [0, 0.05) is 11.4 Å². The van der Waals surface area contributed by atoms with Gasteiger partial charge in [-0.1, -0.05) is 0 Å². The van der Waals surface area contributed by atoms with Crippen LogP contribution in [0, 0.1) is 6.54 Å². The van der Waals surface area contributed by atoms with Crippen LogP contribution in [0.3, 0.4) is 0 Å². The first-order valence-electron chi connectivity index (χ1n) is 3.02. The molecule has 2 heteroatoms. The Morgan fingerprint density at radius 3 is 3.56 bits per heavy atom. The second-order valence-corrected chi connectivity index (χ2v) is 3.06. The Hall–Kier alpha value is -0.340. The summed E-state index contributed by atoms with van der Waals surface area (Å²) < 4.78 is 0. The van der Waals surface area contributed by atoms with Gasteiger partial charge in [0.25, 0.3) is 0 Å². The Balaban J connectivity index is 2.39. The van der Waals surface area contributed by atoms with Crippen LogP contribution in [0.2, 0.25) is 0 Å². The predicted octanol–water partition coefficient (Wildman–Crippen LogP) is 1.28. The quantitative estimate of drug-likeness (QED) is 0.568. The van der Waals surface area contributed by atoms with E-state index in [9.17, 15) is 0 Å². The molecule has 1 aromatic heterocycles. The number of hydrogen-bond acceptors (Lipinski definition) is 2. The third-order valence-electron chi connectivity index (χ3n) is 1.45. The van der Waals surface area contributed by atoms with Gasteiger partial charge in [-0.25, -0.2) is 0 Å². The maximum absolute atomic E-state index is 3.10. The molecule has 2 heterocycles. The first-order valence-corrected chi connectivity index (χ1v) is 3.90. The summed E-state index contributed by atoms with van der Waals surface area (Å²) in [6, 6.07) is 2.10. The Labute approximate surface area is 58.7 Å². The molecule has 1 aliphatic rings. The maximum atomic E-state index is 3.10. The molecule has 2 rings (SSSR count). The molecule has 9 heavy (non-hydrogen) atoms. The summed E-state index contributed by atoms with van der Waals surface area (Å²) in [4.78, 5) is 1.47. The van der Waals surface area contributed by atoms with Gasteiger partial charge in [0.2, 0.25) is 0 Å². The lowest BCUT2D eigenvalue weighted by Gasteiger charge is -2.09. The van der Waals surface area contributed by atoms with Crippen LogP contribution in [0.1, 0.15) is 10.4 Å². The van der Waals surface area contributed by atoms with E-state index < -0.39 is 0 Å². The van der Waals surface area contributed by atoms with Gasteiger partial charge in [0.1, 0.15) is 0 Å². The number of nitrogens with one attached hydrogen (secondary N) is 1. The fourth-order valence-electron chi connectivity index (χ4n) is 0.979. The molecular formula is C7H7NS. The zero-order valence-corrected chi connectivity index (χ0v) is 5.79. The first kappa shape index (κ1) is 5.45. The molecule has 1 nitrogen and oxygen atoms in total. The number of fused-ring (bicyclic) bond motifs is 1. The van der Waals surface area contributed by atoms with Gasteiger partial charge < -0.3 is 5.32 Å². The van der Waals surface area contributed by atoms with Crippen molar-refractivity contribution in [2.45, 2.75) is 6.42 Å². The summed E-state index contributed by atoms with van der Waals surface area (Å²) >= 11 is 1.82. The number of rotatable bonds is 0. The van der Waals surface area contributed by atoms with Crippen molar-refractivity contribution in [2.24, 2.45) is 0 Å². The molecule has 0 fully saturated rings. The second-order valence-electron chi connectivity index (χ2n) is 2.06. The third-order valence-corrected chi connectivity index (χ3v) is 2.43. The Bertz CT molecular complexity index is 184. The fourth-order valence-corrected chi connectivity index (χ4v) is 1.81. The monoisotopic (exact) mass is 137 g/mol. The van der Waals surface area contributed by atoms with E-state index in [0.29, 0.717) is 0 Å². The summed E-state index contributed by atoms with van der Waals surface area (Å²) in [6.07, 6.45) is 1.17. The van der Waals surface area contributed by atoms with Gasteiger partial charge in [0.05, 0.1) is 6.54 Å².